The predicted octanol–water partition coefficient (Wildman–Crippen LogP) is 1.56. The van der Waals surface area contributed by atoms with Crippen LogP contribution >= 0.6 is 34.9 Å². The van der Waals surface area contributed by atoms with Gasteiger partial charge in [-0.1, -0.05) is 34.9 Å². The summed E-state index contributed by atoms with van der Waals surface area (Å²) in [6, 6.07) is 2.89. The molecule has 0 spiro atoms. The van der Waals surface area contributed by atoms with E-state index >= 15 is 0 Å². The molecular weight excluding hydrogens is 342 g/mol. The van der Waals surface area contributed by atoms with Crippen LogP contribution in [0, 0.1) is 6.92 Å². The molecule has 0 amide bonds. The Morgan fingerprint density at radius 2 is 2.14 bits per heavy atom. The minimum atomic E-state index is -0.206. The average molecular weight is 353 g/mol. The maximum Gasteiger partial charge on any atom is 0.275 e. The molecule has 0 aliphatic heterocycles. The molecule has 0 aliphatic rings. The quantitative estimate of drug-likeness (QED) is 0.562. The summed E-state index contributed by atoms with van der Waals surface area (Å²) < 4.78 is 2.09. The predicted molar refractivity (Wildman–Crippen MR) is 88.1 cm³/mol. The van der Waals surface area contributed by atoms with Crippen molar-refractivity contribution in [1.29, 1.82) is 0 Å². The van der Waals surface area contributed by atoms with Crippen LogP contribution in [-0.2, 0) is 5.75 Å². The molecule has 0 fully saturated rings. The molecule has 114 valence electrons. The third-order valence-corrected chi connectivity index (χ3v) is 5.45. The number of thioether (sulfide) groups is 2. The first-order chi connectivity index (χ1) is 10.5. The van der Waals surface area contributed by atoms with Crippen LogP contribution in [0.2, 0.25) is 0 Å². The van der Waals surface area contributed by atoms with E-state index in [4.69, 9.17) is 0 Å². The average Bonchev–Trinajstić information content (AvgIpc) is 2.88. The second-order valence-electron chi connectivity index (χ2n) is 4.33. The summed E-state index contributed by atoms with van der Waals surface area (Å²) in [7, 11) is 0. The van der Waals surface area contributed by atoms with Crippen molar-refractivity contribution in [3.8, 4) is 0 Å². The molecule has 10 heteroatoms. The zero-order valence-electron chi connectivity index (χ0n) is 11.7. The fraction of sp³-hybridized carbons (Fsp3) is 0.250. The second kappa shape index (κ2) is 6.23. The Balaban J connectivity index is 1.87. The smallest absolute Gasteiger partial charge is 0.275 e. The molecule has 3 aromatic heterocycles. The van der Waals surface area contributed by atoms with Gasteiger partial charge >= 0.3 is 0 Å². The SMILES string of the molecule is CSc1nn2c(=O)cc(CSc3nc(C)cc(=O)[nH]3)nc2s1. The van der Waals surface area contributed by atoms with Gasteiger partial charge in [-0.3, -0.25) is 9.59 Å². The molecule has 0 saturated heterocycles. The number of fused-ring (bicyclic) bond motifs is 1. The minimum absolute atomic E-state index is 0.189. The number of aryl methyl sites for hydroxylation is 1. The van der Waals surface area contributed by atoms with Gasteiger partial charge in [0.25, 0.3) is 11.1 Å². The van der Waals surface area contributed by atoms with E-state index < -0.39 is 0 Å². The van der Waals surface area contributed by atoms with Crippen molar-refractivity contribution < 1.29 is 0 Å². The summed E-state index contributed by atoms with van der Waals surface area (Å²) in [6.07, 6.45) is 1.90. The van der Waals surface area contributed by atoms with Crippen LogP contribution in [0.1, 0.15) is 11.4 Å². The Kier molecular flexibility index (Phi) is 4.32. The van der Waals surface area contributed by atoms with E-state index in [1.807, 2.05) is 6.26 Å². The lowest BCUT2D eigenvalue weighted by molar-refractivity contribution is 0.849. The Morgan fingerprint density at radius 3 is 2.86 bits per heavy atom. The molecule has 0 radical (unpaired) electrons. The molecule has 0 atom stereocenters. The summed E-state index contributed by atoms with van der Waals surface area (Å²) >= 11 is 4.18. The van der Waals surface area contributed by atoms with E-state index in [-0.39, 0.29) is 11.1 Å². The van der Waals surface area contributed by atoms with Crippen LogP contribution in [0.4, 0.5) is 0 Å². The number of hydrogen-bond acceptors (Lipinski definition) is 8. The number of nitrogens with one attached hydrogen (secondary N) is 1. The zero-order valence-corrected chi connectivity index (χ0v) is 14.1. The van der Waals surface area contributed by atoms with Crippen molar-refractivity contribution >= 4 is 39.8 Å². The monoisotopic (exact) mass is 353 g/mol. The number of H-pyrrole nitrogens is 1. The van der Waals surface area contributed by atoms with Crippen LogP contribution in [0.25, 0.3) is 4.96 Å². The molecule has 7 nitrogen and oxygen atoms in total. The van der Waals surface area contributed by atoms with Gasteiger partial charge in [0, 0.05) is 23.6 Å². The van der Waals surface area contributed by atoms with E-state index in [0.29, 0.717) is 27.3 Å². The van der Waals surface area contributed by atoms with E-state index in [2.05, 4.69) is 20.1 Å². The number of rotatable bonds is 4. The van der Waals surface area contributed by atoms with Gasteiger partial charge in [0.05, 0.1) is 5.69 Å². The second-order valence-corrected chi connectivity index (χ2v) is 7.31. The third-order valence-electron chi connectivity index (χ3n) is 2.66. The highest BCUT2D eigenvalue weighted by atomic mass is 32.2. The Bertz CT molecular complexity index is 946. The fourth-order valence-corrected chi connectivity index (χ4v) is 3.95. The maximum atomic E-state index is 12.0. The molecule has 0 aromatic carbocycles. The highest BCUT2D eigenvalue weighted by molar-refractivity contribution is 8.00. The van der Waals surface area contributed by atoms with Crippen LogP contribution in [-0.4, -0.2) is 30.8 Å². The molecule has 3 aromatic rings. The summed E-state index contributed by atoms with van der Waals surface area (Å²) in [4.78, 5) is 35.3. The van der Waals surface area contributed by atoms with Crippen molar-refractivity contribution in [2.75, 3.05) is 6.26 Å². The first-order valence-electron chi connectivity index (χ1n) is 6.20. The van der Waals surface area contributed by atoms with Crippen molar-refractivity contribution in [3.63, 3.8) is 0 Å². The molecule has 0 bridgehead atoms. The lowest BCUT2D eigenvalue weighted by Gasteiger charge is -2.01. The summed E-state index contributed by atoms with van der Waals surface area (Å²) in [5, 5.41) is 4.68. The van der Waals surface area contributed by atoms with Crippen LogP contribution in [0.15, 0.2) is 31.2 Å². The van der Waals surface area contributed by atoms with Crippen molar-refractivity contribution in [1.82, 2.24) is 24.6 Å². The molecule has 22 heavy (non-hydrogen) atoms. The van der Waals surface area contributed by atoms with Gasteiger partial charge in [0.1, 0.15) is 0 Å². The van der Waals surface area contributed by atoms with Gasteiger partial charge in [0.2, 0.25) is 4.96 Å². The van der Waals surface area contributed by atoms with Gasteiger partial charge < -0.3 is 4.98 Å². The Hall–Kier alpha value is -1.65. The standard InChI is InChI=1S/C12H11N5O2S3/c1-6-3-8(18)15-10(13-6)21-5-7-4-9(19)17-11(14-7)22-12(16-17)20-2/h3-4H,5H2,1-2H3,(H,13,15,18). The van der Waals surface area contributed by atoms with Crippen molar-refractivity contribution in [2.45, 2.75) is 22.2 Å². The summed E-state index contributed by atoms with van der Waals surface area (Å²) in [5.74, 6) is 0.449. The Labute approximate surface area is 137 Å². The zero-order chi connectivity index (χ0) is 15.7. The molecular formula is C12H11N5O2S3. The van der Waals surface area contributed by atoms with Crippen molar-refractivity contribution in [2.24, 2.45) is 0 Å². The highest BCUT2D eigenvalue weighted by Gasteiger charge is 2.09. The molecule has 1 N–H and O–H groups in total. The summed E-state index contributed by atoms with van der Waals surface area (Å²) in [5.41, 5.74) is 0.894. The van der Waals surface area contributed by atoms with Gasteiger partial charge in [0.15, 0.2) is 9.50 Å². The van der Waals surface area contributed by atoms with Crippen LogP contribution in [0.3, 0.4) is 0 Å². The van der Waals surface area contributed by atoms with Crippen LogP contribution < -0.4 is 11.1 Å². The van der Waals surface area contributed by atoms with Crippen molar-refractivity contribution in [3.05, 3.63) is 44.2 Å². The van der Waals surface area contributed by atoms with E-state index in [9.17, 15) is 9.59 Å². The topological polar surface area (TPSA) is 93.0 Å². The van der Waals surface area contributed by atoms with Gasteiger partial charge in [-0.15, -0.1) is 5.10 Å². The van der Waals surface area contributed by atoms with E-state index in [1.165, 1.54) is 51.5 Å². The summed E-state index contributed by atoms with van der Waals surface area (Å²) in [6.45, 7) is 1.76. The molecule has 3 rings (SSSR count). The normalized spacial score (nSPS) is 11.2. The van der Waals surface area contributed by atoms with Gasteiger partial charge in [-0.05, 0) is 13.2 Å². The highest BCUT2D eigenvalue weighted by Crippen LogP contribution is 2.22. The molecule has 0 aliphatic carbocycles. The first-order valence-corrected chi connectivity index (χ1v) is 9.22. The largest absolute Gasteiger partial charge is 0.301 e. The first kappa shape index (κ1) is 15.3. The third kappa shape index (κ3) is 3.23. The number of hydrogen-bond donors (Lipinski definition) is 1. The molecule has 3 heterocycles. The maximum absolute atomic E-state index is 12.0. The minimum Gasteiger partial charge on any atom is -0.301 e. The van der Waals surface area contributed by atoms with Gasteiger partial charge in [-0.2, -0.15) is 4.52 Å². The lowest BCUT2D eigenvalue weighted by atomic mass is 10.4. The molecule has 0 unspecified atom stereocenters. The Morgan fingerprint density at radius 1 is 1.32 bits per heavy atom. The number of aromatic nitrogens is 5. The van der Waals surface area contributed by atoms with Crippen LogP contribution in [0.5, 0.6) is 0 Å². The molecule has 0 saturated carbocycles. The fourth-order valence-electron chi connectivity index (χ4n) is 1.76. The number of aromatic amines is 1. The number of nitrogens with zero attached hydrogens (tertiary/aromatic N) is 4. The van der Waals surface area contributed by atoms with Gasteiger partial charge in [-0.25, -0.2) is 9.97 Å². The van der Waals surface area contributed by atoms with E-state index in [0.717, 1.165) is 4.34 Å². The van der Waals surface area contributed by atoms with E-state index in [1.54, 1.807) is 6.92 Å². The lowest BCUT2D eigenvalue weighted by Crippen LogP contribution is -2.15.